The van der Waals surface area contributed by atoms with Crippen molar-refractivity contribution in [3.05, 3.63) is 12.0 Å². The fraction of sp³-hybridized carbons (Fsp3) is 0.333. The van der Waals surface area contributed by atoms with Crippen LogP contribution in [0.5, 0.6) is 0 Å². The molecule has 2 aromatic rings. The zero-order valence-electron chi connectivity index (χ0n) is 8.89. The maximum Gasteiger partial charge on any atom is 0.182 e. The molecule has 0 aliphatic carbocycles. The Kier molecular flexibility index (Phi) is 2.32. The van der Waals surface area contributed by atoms with Crippen LogP contribution >= 0.6 is 0 Å². The van der Waals surface area contributed by atoms with Crippen LogP contribution in [0.1, 0.15) is 5.69 Å². The summed E-state index contributed by atoms with van der Waals surface area (Å²) in [6.45, 7) is 1.89. The molecule has 0 bridgehead atoms. The van der Waals surface area contributed by atoms with Gasteiger partial charge in [-0.25, -0.2) is 15.0 Å². The first-order chi connectivity index (χ1) is 7.18. The van der Waals surface area contributed by atoms with E-state index >= 15 is 0 Å². The largest absolute Gasteiger partial charge is 0.369 e. The summed E-state index contributed by atoms with van der Waals surface area (Å²) < 4.78 is 0. The van der Waals surface area contributed by atoms with Gasteiger partial charge >= 0.3 is 0 Å². The molecule has 0 radical (unpaired) electrons. The molecular weight excluding hydrogens is 192 g/mol. The van der Waals surface area contributed by atoms with E-state index in [0.717, 1.165) is 16.7 Å². The highest BCUT2D eigenvalue weighted by atomic mass is 15.2. The number of hydrogen-bond donors (Lipinski definition) is 1. The maximum atomic E-state index is 4.23. The molecule has 0 unspecified atom stereocenters. The first-order valence-corrected chi connectivity index (χ1v) is 4.55. The maximum absolute atomic E-state index is 4.23. The summed E-state index contributed by atoms with van der Waals surface area (Å²) in [5, 5.41) is 6.94. The molecule has 0 fully saturated rings. The van der Waals surface area contributed by atoms with Crippen LogP contribution in [0.15, 0.2) is 11.3 Å². The highest BCUT2D eigenvalue weighted by molar-refractivity contribution is 5.86. The van der Waals surface area contributed by atoms with E-state index in [4.69, 9.17) is 0 Å². The predicted octanol–water partition coefficient (Wildman–Crippen LogP) is 0.883. The van der Waals surface area contributed by atoms with Crippen molar-refractivity contribution < 1.29 is 0 Å². The molecule has 1 N–H and O–H groups in total. The second kappa shape index (κ2) is 3.64. The quantitative estimate of drug-likeness (QED) is 0.582. The van der Waals surface area contributed by atoms with Gasteiger partial charge in [-0.2, -0.15) is 5.10 Å². The van der Waals surface area contributed by atoms with Crippen molar-refractivity contribution in [3.63, 3.8) is 0 Å². The Labute approximate surface area is 87.1 Å². The Morgan fingerprint density at radius 3 is 2.93 bits per heavy atom. The summed E-state index contributed by atoms with van der Waals surface area (Å²) in [6, 6.07) is 0. The summed E-state index contributed by atoms with van der Waals surface area (Å²) in [6.07, 6.45) is 3.19. The number of aliphatic imine (C=N–C) groups is 1. The minimum absolute atomic E-state index is 0.606. The molecule has 0 aliphatic rings. The lowest BCUT2D eigenvalue weighted by Gasteiger charge is -2.01. The van der Waals surface area contributed by atoms with E-state index < -0.39 is 0 Å². The molecule has 6 nitrogen and oxygen atoms in total. The van der Waals surface area contributed by atoms with E-state index in [1.807, 2.05) is 25.9 Å². The highest BCUT2D eigenvalue weighted by Crippen LogP contribution is 2.20. The van der Waals surface area contributed by atoms with Gasteiger partial charge in [-0.05, 0) is 6.92 Å². The number of aromatic nitrogens is 4. The summed E-state index contributed by atoms with van der Waals surface area (Å²) in [7, 11) is 3.81. The lowest BCUT2D eigenvalue weighted by molar-refractivity contribution is 0.643. The number of nitrogens with one attached hydrogen (secondary N) is 1. The second-order valence-corrected chi connectivity index (χ2v) is 3.44. The third kappa shape index (κ3) is 1.78. The van der Waals surface area contributed by atoms with E-state index in [9.17, 15) is 0 Å². The van der Waals surface area contributed by atoms with E-state index in [1.54, 1.807) is 6.34 Å². The van der Waals surface area contributed by atoms with Gasteiger partial charge in [-0.15, -0.1) is 0 Å². The van der Waals surface area contributed by atoms with Crippen molar-refractivity contribution in [2.24, 2.45) is 4.99 Å². The van der Waals surface area contributed by atoms with Crippen LogP contribution in [-0.2, 0) is 0 Å². The van der Waals surface area contributed by atoms with Crippen molar-refractivity contribution in [2.75, 3.05) is 14.1 Å². The van der Waals surface area contributed by atoms with Gasteiger partial charge in [0.25, 0.3) is 0 Å². The molecule has 2 aromatic heterocycles. The molecule has 0 atom stereocenters. The highest BCUT2D eigenvalue weighted by Gasteiger charge is 2.06. The van der Waals surface area contributed by atoms with E-state index in [1.165, 1.54) is 6.33 Å². The monoisotopic (exact) mass is 204 g/mol. The summed E-state index contributed by atoms with van der Waals surface area (Å²) in [5.41, 5.74) is 2.44. The number of fused-ring (bicyclic) bond motifs is 1. The fourth-order valence-corrected chi connectivity index (χ4v) is 1.21. The van der Waals surface area contributed by atoms with E-state index in [2.05, 4.69) is 25.2 Å². The van der Waals surface area contributed by atoms with Gasteiger partial charge in [0.2, 0.25) is 0 Å². The van der Waals surface area contributed by atoms with Crippen LogP contribution in [0.4, 0.5) is 5.82 Å². The first-order valence-electron chi connectivity index (χ1n) is 4.55. The molecule has 2 heterocycles. The van der Waals surface area contributed by atoms with Gasteiger partial charge in [-0.3, -0.25) is 5.10 Å². The zero-order chi connectivity index (χ0) is 10.8. The van der Waals surface area contributed by atoms with Crippen LogP contribution in [0.3, 0.4) is 0 Å². The SMILES string of the molecule is Cc1n[nH]c2c(/N=C/N(C)C)ncnc12. The molecule has 6 heteroatoms. The molecule has 78 valence electrons. The third-order valence-corrected chi connectivity index (χ3v) is 1.92. The van der Waals surface area contributed by atoms with Gasteiger partial charge in [0, 0.05) is 14.1 Å². The number of rotatable bonds is 2. The molecule has 0 saturated heterocycles. The molecule has 0 spiro atoms. The number of nitrogens with zero attached hydrogens (tertiary/aromatic N) is 5. The van der Waals surface area contributed by atoms with Crippen LogP contribution in [0.25, 0.3) is 11.0 Å². The Hall–Kier alpha value is -1.98. The van der Waals surface area contributed by atoms with Gasteiger partial charge in [0.15, 0.2) is 5.82 Å². The second-order valence-electron chi connectivity index (χ2n) is 3.44. The molecule has 0 aliphatic heterocycles. The number of aryl methyl sites for hydroxylation is 1. The minimum atomic E-state index is 0.606. The average Bonchev–Trinajstić information content (AvgIpc) is 2.58. The number of H-pyrrole nitrogens is 1. The molecular formula is C9H12N6. The molecule has 15 heavy (non-hydrogen) atoms. The van der Waals surface area contributed by atoms with Gasteiger partial charge in [0.1, 0.15) is 17.4 Å². The minimum Gasteiger partial charge on any atom is -0.369 e. The Morgan fingerprint density at radius 1 is 1.40 bits per heavy atom. The van der Waals surface area contributed by atoms with Crippen LogP contribution in [0.2, 0.25) is 0 Å². The topological polar surface area (TPSA) is 70.1 Å². The number of hydrogen-bond acceptors (Lipinski definition) is 4. The predicted molar refractivity (Wildman–Crippen MR) is 58.3 cm³/mol. The van der Waals surface area contributed by atoms with Gasteiger partial charge < -0.3 is 4.90 Å². The van der Waals surface area contributed by atoms with Gasteiger partial charge in [0.05, 0.1) is 12.0 Å². The first kappa shape index (κ1) is 9.57. The van der Waals surface area contributed by atoms with E-state index in [0.29, 0.717) is 5.82 Å². The number of aromatic amines is 1. The van der Waals surface area contributed by atoms with Crippen LogP contribution in [0, 0.1) is 6.92 Å². The summed E-state index contributed by atoms with van der Waals surface area (Å²) >= 11 is 0. The summed E-state index contributed by atoms with van der Waals surface area (Å²) in [4.78, 5) is 14.3. The van der Waals surface area contributed by atoms with E-state index in [-0.39, 0.29) is 0 Å². The normalized spacial score (nSPS) is 11.4. The summed E-state index contributed by atoms with van der Waals surface area (Å²) in [5.74, 6) is 0.606. The van der Waals surface area contributed by atoms with Crippen LogP contribution in [-0.4, -0.2) is 45.5 Å². The Balaban J connectivity index is 2.52. The van der Waals surface area contributed by atoms with Crippen molar-refractivity contribution in [1.82, 2.24) is 25.1 Å². The lowest BCUT2D eigenvalue weighted by atomic mass is 10.3. The third-order valence-electron chi connectivity index (χ3n) is 1.92. The Bertz CT molecular complexity index is 498. The lowest BCUT2D eigenvalue weighted by Crippen LogP contribution is -2.07. The average molecular weight is 204 g/mol. The van der Waals surface area contributed by atoms with Crippen molar-refractivity contribution in [3.8, 4) is 0 Å². The zero-order valence-corrected chi connectivity index (χ0v) is 8.89. The smallest absolute Gasteiger partial charge is 0.182 e. The molecule has 0 saturated carbocycles. The molecule has 0 amide bonds. The van der Waals surface area contributed by atoms with Gasteiger partial charge in [-0.1, -0.05) is 0 Å². The van der Waals surface area contributed by atoms with Crippen molar-refractivity contribution >= 4 is 23.2 Å². The fourth-order valence-electron chi connectivity index (χ4n) is 1.21. The molecule has 0 aromatic carbocycles. The standard InChI is InChI=1S/C9H12N6/c1-6-7-8(14-13-6)9(11-4-10-7)12-5-15(2)3/h4-5H,1-3H3,(H,13,14)/b12-5+. The molecule has 2 rings (SSSR count). The van der Waals surface area contributed by atoms with Crippen molar-refractivity contribution in [1.29, 1.82) is 0 Å². The van der Waals surface area contributed by atoms with Crippen molar-refractivity contribution in [2.45, 2.75) is 6.92 Å². The Morgan fingerprint density at radius 2 is 2.20 bits per heavy atom. The van der Waals surface area contributed by atoms with Crippen LogP contribution < -0.4 is 0 Å².